The number of hydrogen-bond donors (Lipinski definition) is 2. The van der Waals surface area contributed by atoms with Crippen LogP contribution in [0, 0.1) is 13.8 Å². The van der Waals surface area contributed by atoms with E-state index in [-0.39, 0.29) is 6.61 Å². The highest BCUT2D eigenvalue weighted by Gasteiger charge is 2.23. The predicted molar refractivity (Wildman–Crippen MR) is 82.9 cm³/mol. The number of pyridine rings is 1. The molecule has 0 aliphatic heterocycles. The molecule has 1 aromatic heterocycles. The molecule has 1 aliphatic rings. The van der Waals surface area contributed by atoms with E-state index in [2.05, 4.69) is 16.0 Å². The topological polar surface area (TPSA) is 62.4 Å². The summed E-state index contributed by atoms with van der Waals surface area (Å²) in [5, 5.41) is 9.44. The van der Waals surface area contributed by atoms with Crippen LogP contribution in [-0.2, 0) is 6.54 Å². The summed E-state index contributed by atoms with van der Waals surface area (Å²) in [6.45, 7) is 5.41. The molecule has 1 heterocycles. The van der Waals surface area contributed by atoms with Gasteiger partial charge in [0.25, 0.3) is 0 Å². The average Bonchev–Trinajstić information content (AvgIpc) is 2.45. The van der Waals surface area contributed by atoms with Gasteiger partial charge >= 0.3 is 0 Å². The second-order valence-corrected chi connectivity index (χ2v) is 5.76. The largest absolute Gasteiger partial charge is 0.395 e. The summed E-state index contributed by atoms with van der Waals surface area (Å²) in [5.41, 5.74) is 10.3. The van der Waals surface area contributed by atoms with Crippen molar-refractivity contribution in [3.05, 3.63) is 23.0 Å². The molecule has 0 bridgehead atoms. The van der Waals surface area contributed by atoms with E-state index in [1.54, 1.807) is 0 Å². The van der Waals surface area contributed by atoms with Crippen molar-refractivity contribution >= 4 is 5.69 Å². The molecule has 1 saturated carbocycles. The lowest BCUT2D eigenvalue weighted by Gasteiger charge is -2.37. The lowest BCUT2D eigenvalue weighted by molar-refractivity contribution is 0.290. The van der Waals surface area contributed by atoms with Gasteiger partial charge in [-0.25, -0.2) is 0 Å². The maximum absolute atomic E-state index is 9.44. The molecule has 0 spiro atoms. The van der Waals surface area contributed by atoms with Crippen molar-refractivity contribution in [1.29, 1.82) is 0 Å². The van der Waals surface area contributed by atoms with Crippen molar-refractivity contribution in [2.45, 2.75) is 58.5 Å². The first-order valence-corrected chi connectivity index (χ1v) is 7.72. The van der Waals surface area contributed by atoms with Gasteiger partial charge in [-0.1, -0.05) is 19.3 Å². The number of nitrogens with two attached hydrogens (primary N) is 1. The second kappa shape index (κ2) is 7.04. The Bertz CT molecular complexity index is 442. The van der Waals surface area contributed by atoms with Gasteiger partial charge in [0.1, 0.15) is 0 Å². The van der Waals surface area contributed by atoms with Crippen LogP contribution in [0.4, 0.5) is 5.69 Å². The molecule has 3 N–H and O–H groups in total. The van der Waals surface area contributed by atoms with Gasteiger partial charge in [0, 0.05) is 41.8 Å². The molecule has 0 atom stereocenters. The van der Waals surface area contributed by atoms with Crippen molar-refractivity contribution in [3.8, 4) is 0 Å². The van der Waals surface area contributed by atoms with E-state index in [4.69, 9.17) is 5.73 Å². The van der Waals surface area contributed by atoms with Crippen molar-refractivity contribution < 1.29 is 5.11 Å². The lowest BCUT2D eigenvalue weighted by atomic mass is 9.93. The van der Waals surface area contributed by atoms with Gasteiger partial charge in [0.15, 0.2) is 0 Å². The van der Waals surface area contributed by atoms with Gasteiger partial charge in [-0.2, -0.15) is 0 Å². The molecule has 4 heteroatoms. The molecular formula is C16H27N3O. The maximum Gasteiger partial charge on any atom is 0.0606 e. The third-order valence-corrected chi connectivity index (χ3v) is 4.31. The maximum atomic E-state index is 9.44. The van der Waals surface area contributed by atoms with Gasteiger partial charge in [-0.05, 0) is 32.8 Å². The van der Waals surface area contributed by atoms with Crippen molar-refractivity contribution in [1.82, 2.24) is 4.98 Å². The van der Waals surface area contributed by atoms with Crippen LogP contribution in [0.3, 0.4) is 0 Å². The summed E-state index contributed by atoms with van der Waals surface area (Å²) in [5.74, 6) is 0. The standard InChI is InChI=1S/C16H27N3O/c1-12-10-16(15(11-17)13(2)18-12)19(8-9-20)14-6-4-3-5-7-14/h10,14,20H,3-9,11,17H2,1-2H3. The van der Waals surface area contributed by atoms with E-state index in [1.807, 2.05) is 13.8 Å². The zero-order valence-corrected chi connectivity index (χ0v) is 12.7. The Hall–Kier alpha value is -1.13. The molecule has 0 unspecified atom stereocenters. The Balaban J connectivity index is 2.37. The molecule has 1 fully saturated rings. The Labute approximate surface area is 122 Å². The highest BCUT2D eigenvalue weighted by molar-refractivity contribution is 5.57. The fourth-order valence-corrected chi connectivity index (χ4v) is 3.34. The number of rotatable bonds is 5. The number of hydrogen-bond acceptors (Lipinski definition) is 4. The normalized spacial score (nSPS) is 16.4. The molecule has 2 rings (SSSR count). The molecular weight excluding hydrogens is 250 g/mol. The van der Waals surface area contributed by atoms with E-state index in [0.717, 1.165) is 17.0 Å². The third kappa shape index (κ3) is 3.30. The van der Waals surface area contributed by atoms with Crippen LogP contribution in [0.1, 0.15) is 49.1 Å². The molecule has 112 valence electrons. The molecule has 0 amide bonds. The van der Waals surface area contributed by atoms with Gasteiger partial charge in [-0.15, -0.1) is 0 Å². The molecule has 1 aliphatic carbocycles. The molecule has 0 radical (unpaired) electrons. The highest BCUT2D eigenvalue weighted by Crippen LogP contribution is 2.30. The average molecular weight is 277 g/mol. The molecule has 1 aromatic rings. The smallest absolute Gasteiger partial charge is 0.0606 e. The molecule has 0 aromatic carbocycles. The summed E-state index contributed by atoms with van der Waals surface area (Å²) in [7, 11) is 0. The summed E-state index contributed by atoms with van der Waals surface area (Å²) in [4.78, 5) is 6.89. The van der Waals surface area contributed by atoms with Crippen LogP contribution in [0.5, 0.6) is 0 Å². The van der Waals surface area contributed by atoms with Gasteiger partial charge < -0.3 is 15.7 Å². The number of aliphatic hydroxyl groups is 1. The Morgan fingerprint density at radius 1 is 1.30 bits per heavy atom. The van der Waals surface area contributed by atoms with Crippen LogP contribution < -0.4 is 10.6 Å². The minimum Gasteiger partial charge on any atom is -0.395 e. The Kier molecular flexibility index (Phi) is 5.38. The first kappa shape index (κ1) is 15.3. The first-order valence-electron chi connectivity index (χ1n) is 7.72. The van der Waals surface area contributed by atoms with E-state index in [1.165, 1.54) is 37.8 Å². The monoisotopic (exact) mass is 277 g/mol. The minimum atomic E-state index is 0.181. The Morgan fingerprint density at radius 3 is 2.60 bits per heavy atom. The summed E-state index contributed by atoms with van der Waals surface area (Å²) in [6, 6.07) is 2.65. The zero-order chi connectivity index (χ0) is 14.5. The highest BCUT2D eigenvalue weighted by atomic mass is 16.3. The third-order valence-electron chi connectivity index (χ3n) is 4.31. The van der Waals surface area contributed by atoms with Crippen molar-refractivity contribution in [2.75, 3.05) is 18.1 Å². The van der Waals surface area contributed by atoms with Gasteiger partial charge in [0.2, 0.25) is 0 Å². The summed E-state index contributed by atoms with van der Waals surface area (Å²) < 4.78 is 0. The molecule has 4 nitrogen and oxygen atoms in total. The fourth-order valence-electron chi connectivity index (χ4n) is 3.34. The molecule has 20 heavy (non-hydrogen) atoms. The number of anilines is 1. The van der Waals surface area contributed by atoms with Crippen LogP contribution in [0.25, 0.3) is 0 Å². The number of aromatic nitrogens is 1. The predicted octanol–water partition coefficient (Wildman–Crippen LogP) is 2.29. The lowest BCUT2D eigenvalue weighted by Crippen LogP contribution is -2.39. The number of nitrogens with zero attached hydrogens (tertiary/aromatic N) is 2. The van der Waals surface area contributed by atoms with Crippen LogP contribution in [-0.4, -0.2) is 29.3 Å². The van der Waals surface area contributed by atoms with E-state index < -0.39 is 0 Å². The quantitative estimate of drug-likeness (QED) is 0.867. The first-order chi connectivity index (χ1) is 9.67. The van der Waals surface area contributed by atoms with E-state index in [0.29, 0.717) is 19.1 Å². The molecule has 0 saturated heterocycles. The number of aryl methyl sites for hydroxylation is 2. The van der Waals surface area contributed by atoms with Crippen LogP contribution in [0.2, 0.25) is 0 Å². The second-order valence-electron chi connectivity index (χ2n) is 5.76. The van der Waals surface area contributed by atoms with E-state index >= 15 is 0 Å². The van der Waals surface area contributed by atoms with Gasteiger partial charge in [-0.3, -0.25) is 4.98 Å². The SMILES string of the molecule is Cc1cc(N(CCO)C2CCCCC2)c(CN)c(C)n1. The Morgan fingerprint density at radius 2 is 2.00 bits per heavy atom. The van der Waals surface area contributed by atoms with Crippen molar-refractivity contribution in [2.24, 2.45) is 5.73 Å². The minimum absolute atomic E-state index is 0.181. The fraction of sp³-hybridized carbons (Fsp3) is 0.688. The van der Waals surface area contributed by atoms with E-state index in [9.17, 15) is 5.11 Å². The summed E-state index contributed by atoms with van der Waals surface area (Å²) in [6.07, 6.45) is 6.33. The van der Waals surface area contributed by atoms with Gasteiger partial charge in [0.05, 0.1) is 6.61 Å². The zero-order valence-electron chi connectivity index (χ0n) is 12.7. The van der Waals surface area contributed by atoms with Crippen LogP contribution in [0.15, 0.2) is 6.07 Å². The van der Waals surface area contributed by atoms with Crippen molar-refractivity contribution in [3.63, 3.8) is 0 Å². The summed E-state index contributed by atoms with van der Waals surface area (Å²) >= 11 is 0. The number of aliphatic hydroxyl groups excluding tert-OH is 1. The van der Waals surface area contributed by atoms with Crippen LogP contribution >= 0.6 is 0 Å².